The average molecular weight is 307 g/mol. The van der Waals surface area contributed by atoms with E-state index in [2.05, 4.69) is 16.8 Å². The van der Waals surface area contributed by atoms with Crippen LogP contribution in [-0.4, -0.2) is 26.7 Å². The van der Waals surface area contributed by atoms with Gasteiger partial charge in [0.2, 0.25) is 0 Å². The molecule has 0 atom stereocenters. The maximum Gasteiger partial charge on any atom is 0.264 e. The molecule has 3 N–H and O–H groups in total. The molecule has 1 aliphatic rings. The number of aryl methyl sites for hydroxylation is 1. The monoisotopic (exact) mass is 307 g/mol. The van der Waals surface area contributed by atoms with E-state index in [0.29, 0.717) is 24.2 Å². The van der Waals surface area contributed by atoms with Crippen molar-refractivity contribution in [2.24, 2.45) is 5.73 Å². The Hall–Kier alpha value is -1.88. The first-order chi connectivity index (χ1) is 10.6. The minimum Gasteiger partial charge on any atom is -0.404 e. The summed E-state index contributed by atoms with van der Waals surface area (Å²) in [5.74, 6) is 0. The molecule has 1 aromatic rings. The molecule has 1 aliphatic heterocycles. The molecule has 0 saturated heterocycles. The summed E-state index contributed by atoms with van der Waals surface area (Å²) in [5.41, 5.74) is 8.92. The SMILES string of the molecule is C=CCN1CCCc2cc(/C(=C/N)CNC)c(C(F)F)cc21. The van der Waals surface area contributed by atoms with Gasteiger partial charge in [0.05, 0.1) is 0 Å². The van der Waals surface area contributed by atoms with Crippen molar-refractivity contribution in [3.8, 4) is 0 Å². The number of fused-ring (bicyclic) bond motifs is 1. The van der Waals surface area contributed by atoms with Crippen LogP contribution in [0.2, 0.25) is 0 Å². The molecule has 0 spiro atoms. The van der Waals surface area contributed by atoms with Crippen molar-refractivity contribution in [2.75, 3.05) is 31.6 Å². The van der Waals surface area contributed by atoms with Gasteiger partial charge in [-0.05, 0) is 54.9 Å². The Morgan fingerprint density at radius 2 is 2.27 bits per heavy atom. The Kier molecular flexibility index (Phi) is 5.55. The van der Waals surface area contributed by atoms with Crippen LogP contribution in [0.1, 0.15) is 29.5 Å². The Morgan fingerprint density at radius 1 is 1.50 bits per heavy atom. The van der Waals surface area contributed by atoms with Crippen molar-refractivity contribution in [3.05, 3.63) is 47.7 Å². The van der Waals surface area contributed by atoms with E-state index in [-0.39, 0.29) is 5.56 Å². The van der Waals surface area contributed by atoms with E-state index in [1.807, 2.05) is 6.07 Å². The Balaban J connectivity index is 2.54. The summed E-state index contributed by atoms with van der Waals surface area (Å²) in [6.07, 6.45) is 2.60. The lowest BCUT2D eigenvalue weighted by Gasteiger charge is -2.32. The lowest BCUT2D eigenvalue weighted by molar-refractivity contribution is 0.151. The number of anilines is 1. The molecule has 0 fully saturated rings. The topological polar surface area (TPSA) is 41.3 Å². The second-order valence-corrected chi connectivity index (χ2v) is 5.43. The van der Waals surface area contributed by atoms with E-state index < -0.39 is 6.43 Å². The third-order valence-corrected chi connectivity index (χ3v) is 3.96. The van der Waals surface area contributed by atoms with E-state index in [1.54, 1.807) is 19.2 Å². The van der Waals surface area contributed by atoms with Crippen molar-refractivity contribution in [1.82, 2.24) is 5.32 Å². The fourth-order valence-electron chi connectivity index (χ4n) is 2.96. The van der Waals surface area contributed by atoms with Crippen LogP contribution < -0.4 is 16.0 Å². The van der Waals surface area contributed by atoms with Gasteiger partial charge in [-0.15, -0.1) is 6.58 Å². The fourth-order valence-corrected chi connectivity index (χ4v) is 2.96. The van der Waals surface area contributed by atoms with Gasteiger partial charge in [-0.25, -0.2) is 8.78 Å². The van der Waals surface area contributed by atoms with Crippen LogP contribution in [0.5, 0.6) is 0 Å². The summed E-state index contributed by atoms with van der Waals surface area (Å²) in [5, 5.41) is 2.98. The van der Waals surface area contributed by atoms with E-state index >= 15 is 0 Å². The number of nitrogens with zero attached hydrogens (tertiary/aromatic N) is 1. The van der Waals surface area contributed by atoms with E-state index in [4.69, 9.17) is 5.73 Å². The van der Waals surface area contributed by atoms with Crippen LogP contribution in [0.4, 0.5) is 14.5 Å². The molecule has 3 nitrogen and oxygen atoms in total. The van der Waals surface area contributed by atoms with Crippen LogP contribution in [-0.2, 0) is 6.42 Å². The molecule has 2 rings (SSSR count). The van der Waals surface area contributed by atoms with E-state index in [1.165, 1.54) is 6.20 Å². The van der Waals surface area contributed by atoms with Gasteiger partial charge in [0.25, 0.3) is 6.43 Å². The van der Waals surface area contributed by atoms with Crippen LogP contribution in [0.15, 0.2) is 31.0 Å². The van der Waals surface area contributed by atoms with Crippen molar-refractivity contribution in [2.45, 2.75) is 19.3 Å². The molecule has 1 heterocycles. The number of nitrogens with one attached hydrogen (secondary N) is 1. The predicted octanol–water partition coefficient (Wildman–Crippen LogP) is 3.08. The summed E-state index contributed by atoms with van der Waals surface area (Å²) in [6, 6.07) is 3.50. The van der Waals surface area contributed by atoms with Gasteiger partial charge in [0.1, 0.15) is 0 Å². The van der Waals surface area contributed by atoms with Crippen molar-refractivity contribution in [1.29, 1.82) is 0 Å². The van der Waals surface area contributed by atoms with Gasteiger partial charge in [0.15, 0.2) is 0 Å². The number of rotatable bonds is 6. The number of hydrogen-bond donors (Lipinski definition) is 2. The molecular formula is C17H23F2N3. The highest BCUT2D eigenvalue weighted by atomic mass is 19.3. The first kappa shape index (κ1) is 16.5. The maximum atomic E-state index is 13.5. The first-order valence-corrected chi connectivity index (χ1v) is 7.49. The number of halogens is 2. The lowest BCUT2D eigenvalue weighted by Crippen LogP contribution is -2.29. The Morgan fingerprint density at radius 3 is 2.86 bits per heavy atom. The molecule has 120 valence electrons. The largest absolute Gasteiger partial charge is 0.404 e. The number of alkyl halides is 2. The minimum absolute atomic E-state index is 0.0432. The fraction of sp³-hybridized carbons (Fsp3) is 0.412. The van der Waals surface area contributed by atoms with Gasteiger partial charge >= 0.3 is 0 Å². The molecule has 5 heteroatoms. The highest BCUT2D eigenvalue weighted by molar-refractivity contribution is 5.74. The average Bonchev–Trinajstić information content (AvgIpc) is 2.52. The molecule has 0 aromatic heterocycles. The first-order valence-electron chi connectivity index (χ1n) is 7.49. The van der Waals surface area contributed by atoms with Crippen molar-refractivity contribution in [3.63, 3.8) is 0 Å². The zero-order valence-corrected chi connectivity index (χ0v) is 12.9. The van der Waals surface area contributed by atoms with Crippen LogP contribution in [0.25, 0.3) is 5.57 Å². The van der Waals surface area contributed by atoms with Crippen molar-refractivity contribution >= 4 is 11.3 Å². The van der Waals surface area contributed by atoms with Crippen LogP contribution >= 0.6 is 0 Å². The molecule has 0 saturated carbocycles. The second-order valence-electron chi connectivity index (χ2n) is 5.43. The zero-order valence-electron chi connectivity index (χ0n) is 12.9. The summed E-state index contributed by atoms with van der Waals surface area (Å²) >= 11 is 0. The third kappa shape index (κ3) is 3.30. The summed E-state index contributed by atoms with van der Waals surface area (Å²) in [6.45, 7) is 5.75. The smallest absolute Gasteiger partial charge is 0.264 e. The number of benzene rings is 1. The van der Waals surface area contributed by atoms with Crippen molar-refractivity contribution < 1.29 is 8.78 Å². The zero-order chi connectivity index (χ0) is 16.1. The number of hydrogen-bond acceptors (Lipinski definition) is 3. The van der Waals surface area contributed by atoms with Gasteiger partial charge in [-0.2, -0.15) is 0 Å². The van der Waals surface area contributed by atoms with Gasteiger partial charge in [-0.1, -0.05) is 6.08 Å². The molecule has 0 amide bonds. The molecule has 1 aromatic carbocycles. The van der Waals surface area contributed by atoms with Gasteiger partial charge < -0.3 is 16.0 Å². The van der Waals surface area contributed by atoms with Crippen LogP contribution in [0.3, 0.4) is 0 Å². The Bertz CT molecular complexity index is 567. The molecule has 22 heavy (non-hydrogen) atoms. The highest BCUT2D eigenvalue weighted by Crippen LogP contribution is 2.36. The predicted molar refractivity (Wildman–Crippen MR) is 88.2 cm³/mol. The molecule has 0 unspecified atom stereocenters. The van der Waals surface area contributed by atoms with Crippen LogP contribution in [0, 0.1) is 0 Å². The molecule has 0 radical (unpaired) electrons. The second kappa shape index (κ2) is 7.40. The lowest BCUT2D eigenvalue weighted by atomic mass is 9.92. The summed E-state index contributed by atoms with van der Waals surface area (Å²) in [7, 11) is 1.77. The van der Waals surface area contributed by atoms with E-state index in [0.717, 1.165) is 30.6 Å². The number of nitrogens with two attached hydrogens (primary N) is 1. The van der Waals surface area contributed by atoms with E-state index in [9.17, 15) is 8.78 Å². The summed E-state index contributed by atoms with van der Waals surface area (Å²) in [4.78, 5) is 2.10. The number of likely N-dealkylation sites (N-methyl/N-ethyl adjacent to an activating group) is 1. The standard InChI is InChI=1S/C17H23F2N3/c1-3-6-22-7-4-5-12-8-14(13(10-20)11-21-2)15(17(18)19)9-16(12)22/h3,8-10,17,21H,1,4-7,11,20H2,2H3/b13-10+. The Labute approximate surface area is 130 Å². The van der Waals surface area contributed by atoms with Gasteiger partial charge in [0, 0.05) is 30.9 Å². The minimum atomic E-state index is -2.53. The summed E-state index contributed by atoms with van der Waals surface area (Å²) < 4.78 is 27.0. The third-order valence-electron chi connectivity index (χ3n) is 3.96. The normalized spacial score (nSPS) is 15.1. The highest BCUT2D eigenvalue weighted by Gasteiger charge is 2.23. The maximum absolute atomic E-state index is 13.5. The quantitative estimate of drug-likeness (QED) is 0.794. The molecule has 0 bridgehead atoms. The van der Waals surface area contributed by atoms with Gasteiger partial charge in [-0.3, -0.25) is 0 Å². The molecular weight excluding hydrogens is 284 g/mol. The molecule has 0 aliphatic carbocycles.